The first-order chi connectivity index (χ1) is 17.7. The molecule has 1 aromatic rings. The summed E-state index contributed by atoms with van der Waals surface area (Å²) < 4.78 is 5.45. The van der Waals surface area contributed by atoms with Crippen LogP contribution >= 0.6 is 0 Å². The molecule has 38 heavy (non-hydrogen) atoms. The van der Waals surface area contributed by atoms with E-state index in [1.807, 2.05) is 20.8 Å². The number of hydrogen-bond donors (Lipinski definition) is 2. The molecule has 1 rings (SSSR count). The molecule has 3 atom stereocenters. The number of terminal acetylenes is 1. The molecule has 0 aromatic heterocycles. The van der Waals surface area contributed by atoms with Crippen molar-refractivity contribution >= 4 is 17.9 Å². The summed E-state index contributed by atoms with van der Waals surface area (Å²) in [5.74, 6) is 2.23. The minimum absolute atomic E-state index is 0.234. The van der Waals surface area contributed by atoms with Gasteiger partial charge in [-0.25, -0.2) is 4.79 Å². The lowest BCUT2D eigenvalue weighted by atomic mass is 9.94. The fraction of sp³-hybridized carbons (Fsp3) is 0.645. The quantitative estimate of drug-likeness (QED) is 0.250. The van der Waals surface area contributed by atoms with Gasteiger partial charge in [-0.05, 0) is 76.5 Å². The van der Waals surface area contributed by atoms with Crippen molar-refractivity contribution in [2.24, 2.45) is 11.8 Å². The third-order valence-electron chi connectivity index (χ3n) is 6.25. The van der Waals surface area contributed by atoms with Crippen molar-refractivity contribution in [1.29, 1.82) is 0 Å². The second-order valence-corrected chi connectivity index (χ2v) is 11.7. The van der Waals surface area contributed by atoms with Crippen LogP contribution in [0.5, 0.6) is 0 Å². The number of alkyl carbamates (subject to hydrolysis) is 1. The summed E-state index contributed by atoms with van der Waals surface area (Å²) in [6, 6.07) is 5.16. The molecule has 212 valence electrons. The monoisotopic (exact) mass is 527 g/mol. The maximum Gasteiger partial charge on any atom is 0.408 e. The smallest absolute Gasteiger partial charge is 0.408 e. The molecule has 0 heterocycles. The number of rotatable bonds is 13. The van der Waals surface area contributed by atoms with Gasteiger partial charge in [0.1, 0.15) is 17.7 Å². The van der Waals surface area contributed by atoms with Crippen molar-refractivity contribution in [2.45, 2.75) is 112 Å². The highest BCUT2D eigenvalue weighted by molar-refractivity contribution is 5.92. The minimum atomic E-state index is -0.880. The maximum absolute atomic E-state index is 14.3. The predicted octanol–water partition coefficient (Wildman–Crippen LogP) is 5.83. The third kappa shape index (κ3) is 10.8. The Morgan fingerprint density at radius 3 is 2.11 bits per heavy atom. The van der Waals surface area contributed by atoms with E-state index in [4.69, 9.17) is 11.2 Å². The van der Waals surface area contributed by atoms with Gasteiger partial charge in [0.25, 0.3) is 0 Å². The highest BCUT2D eigenvalue weighted by Gasteiger charge is 2.39. The lowest BCUT2D eigenvalue weighted by Gasteiger charge is -2.39. The molecule has 0 radical (unpaired) electrons. The van der Waals surface area contributed by atoms with E-state index in [9.17, 15) is 14.4 Å². The number of ether oxygens (including phenoxy) is 1. The van der Waals surface area contributed by atoms with Crippen LogP contribution in [0.4, 0.5) is 4.79 Å². The van der Waals surface area contributed by atoms with Crippen LogP contribution in [0.2, 0.25) is 0 Å². The predicted molar refractivity (Wildman–Crippen MR) is 153 cm³/mol. The average Bonchev–Trinajstić information content (AvgIpc) is 2.82. The third-order valence-corrected chi connectivity index (χ3v) is 6.25. The second kappa shape index (κ2) is 15.4. The summed E-state index contributed by atoms with van der Waals surface area (Å²) in [6.07, 6.45) is 8.26. The molecule has 0 bridgehead atoms. The molecule has 0 spiro atoms. The van der Waals surface area contributed by atoms with E-state index >= 15 is 0 Å². The summed E-state index contributed by atoms with van der Waals surface area (Å²) in [4.78, 5) is 42.3. The van der Waals surface area contributed by atoms with Gasteiger partial charge in [-0.15, -0.1) is 6.42 Å². The van der Waals surface area contributed by atoms with Crippen LogP contribution in [0.25, 0.3) is 0 Å². The number of hydrogen-bond acceptors (Lipinski definition) is 4. The fourth-order valence-corrected chi connectivity index (χ4v) is 4.11. The second-order valence-electron chi connectivity index (χ2n) is 11.7. The van der Waals surface area contributed by atoms with Gasteiger partial charge in [0.15, 0.2) is 0 Å². The Hall–Kier alpha value is -3.01. The first-order valence-corrected chi connectivity index (χ1v) is 13.9. The number of carbonyl (C=O) groups is 3. The Morgan fingerprint density at radius 1 is 1.03 bits per heavy atom. The van der Waals surface area contributed by atoms with Gasteiger partial charge in [0, 0.05) is 18.2 Å². The van der Waals surface area contributed by atoms with E-state index in [0.717, 1.165) is 19.3 Å². The summed E-state index contributed by atoms with van der Waals surface area (Å²) in [6.45, 7) is 17.9. The van der Waals surface area contributed by atoms with Gasteiger partial charge in [-0.1, -0.05) is 59.1 Å². The number of unbranched alkanes of at least 4 members (excludes halogenated alkanes) is 1. The molecule has 0 aliphatic carbocycles. The van der Waals surface area contributed by atoms with Gasteiger partial charge >= 0.3 is 6.09 Å². The average molecular weight is 528 g/mol. The van der Waals surface area contributed by atoms with Crippen LogP contribution < -0.4 is 10.6 Å². The Kier molecular flexibility index (Phi) is 13.4. The largest absolute Gasteiger partial charge is 0.444 e. The molecule has 0 aliphatic rings. The van der Waals surface area contributed by atoms with Crippen LogP contribution in [-0.2, 0) is 14.3 Å². The van der Waals surface area contributed by atoms with Gasteiger partial charge in [-0.2, -0.15) is 0 Å². The van der Waals surface area contributed by atoms with Crippen molar-refractivity contribution in [2.75, 3.05) is 6.54 Å². The maximum atomic E-state index is 14.3. The summed E-state index contributed by atoms with van der Waals surface area (Å²) in [5.41, 5.74) is 0.651. The van der Waals surface area contributed by atoms with Crippen molar-refractivity contribution in [1.82, 2.24) is 15.5 Å². The van der Waals surface area contributed by atoms with Gasteiger partial charge < -0.3 is 20.3 Å². The van der Waals surface area contributed by atoms with Gasteiger partial charge in [0.05, 0.1) is 0 Å². The van der Waals surface area contributed by atoms with E-state index in [2.05, 4.69) is 37.3 Å². The van der Waals surface area contributed by atoms with Crippen molar-refractivity contribution < 1.29 is 19.1 Å². The van der Waals surface area contributed by atoms with E-state index in [1.165, 1.54) is 0 Å². The molecule has 1 aromatic carbocycles. The SMILES string of the molecule is C#Cc1ccc(C(C(=O)NCCCC)N(C(=O)C(NC(=O)OC(C)(C)C)C(C)C)C(C)CCC(C)C)cc1. The molecule has 3 unspecified atom stereocenters. The van der Waals surface area contributed by atoms with Crippen molar-refractivity contribution in [3.63, 3.8) is 0 Å². The summed E-state index contributed by atoms with van der Waals surface area (Å²) in [5, 5.41) is 5.80. The molecular formula is C31H49N3O4. The zero-order chi connectivity index (χ0) is 29.0. The lowest BCUT2D eigenvalue weighted by molar-refractivity contribution is -0.146. The number of amides is 3. The Balaban J connectivity index is 3.58. The number of nitrogens with zero attached hydrogens (tertiary/aromatic N) is 1. The molecule has 0 fully saturated rings. The summed E-state index contributed by atoms with van der Waals surface area (Å²) in [7, 11) is 0. The Bertz CT molecular complexity index is 941. The molecule has 2 N–H and O–H groups in total. The lowest BCUT2D eigenvalue weighted by Crippen LogP contribution is -2.57. The van der Waals surface area contributed by atoms with Crippen molar-refractivity contribution in [3.8, 4) is 12.3 Å². The van der Waals surface area contributed by atoms with Gasteiger partial charge in [0.2, 0.25) is 11.8 Å². The standard InChI is InChI=1S/C31H49N3O4/c1-11-13-20-32-28(35)27(25-18-16-24(12-2)17-19-25)34(23(7)15-14-21(3)4)29(36)26(22(5)6)33-30(37)38-31(8,9)10/h2,16-19,21-23,26-27H,11,13-15,20H2,1,3-10H3,(H,32,35)(H,33,37). The van der Waals surface area contributed by atoms with E-state index in [0.29, 0.717) is 30.0 Å². The Labute approximate surface area is 230 Å². The highest BCUT2D eigenvalue weighted by atomic mass is 16.6. The first kappa shape index (κ1) is 33.0. The minimum Gasteiger partial charge on any atom is -0.444 e. The number of nitrogens with one attached hydrogen (secondary N) is 2. The summed E-state index contributed by atoms with van der Waals surface area (Å²) >= 11 is 0. The molecule has 0 saturated carbocycles. The fourth-order valence-electron chi connectivity index (χ4n) is 4.11. The van der Waals surface area contributed by atoms with Crippen LogP contribution in [0.15, 0.2) is 24.3 Å². The van der Waals surface area contributed by atoms with Crippen LogP contribution in [0.1, 0.15) is 105 Å². The normalized spacial score (nSPS) is 13.8. The van der Waals surface area contributed by atoms with Crippen LogP contribution in [-0.4, -0.2) is 47.0 Å². The van der Waals surface area contributed by atoms with E-state index in [1.54, 1.807) is 49.9 Å². The van der Waals surface area contributed by atoms with Crippen LogP contribution in [0.3, 0.4) is 0 Å². The van der Waals surface area contributed by atoms with Crippen molar-refractivity contribution in [3.05, 3.63) is 35.4 Å². The highest BCUT2D eigenvalue weighted by Crippen LogP contribution is 2.29. The van der Waals surface area contributed by atoms with E-state index < -0.39 is 23.8 Å². The zero-order valence-electron chi connectivity index (χ0n) is 24.9. The number of carbonyl (C=O) groups excluding carboxylic acids is 3. The molecule has 3 amide bonds. The van der Waals surface area contributed by atoms with E-state index in [-0.39, 0.29) is 23.8 Å². The Morgan fingerprint density at radius 2 is 1.63 bits per heavy atom. The topological polar surface area (TPSA) is 87.7 Å². The molecular weight excluding hydrogens is 478 g/mol. The molecule has 7 nitrogen and oxygen atoms in total. The first-order valence-electron chi connectivity index (χ1n) is 13.9. The molecule has 0 aliphatic heterocycles. The molecule has 0 saturated heterocycles. The molecule has 7 heteroatoms. The zero-order valence-corrected chi connectivity index (χ0v) is 24.9. The van der Waals surface area contributed by atoms with Crippen LogP contribution in [0, 0.1) is 24.2 Å². The number of benzene rings is 1. The van der Waals surface area contributed by atoms with Gasteiger partial charge in [-0.3, -0.25) is 9.59 Å².